The zero-order valence-electron chi connectivity index (χ0n) is 13.6. The van der Waals surface area contributed by atoms with Crippen molar-refractivity contribution in [3.05, 3.63) is 47.4 Å². The summed E-state index contributed by atoms with van der Waals surface area (Å²) in [6.45, 7) is 2.91. The lowest BCUT2D eigenvalue weighted by Gasteiger charge is -2.06. The van der Waals surface area contributed by atoms with Crippen molar-refractivity contribution >= 4 is 17.3 Å². The lowest BCUT2D eigenvalue weighted by Crippen LogP contribution is -2.05. The summed E-state index contributed by atoms with van der Waals surface area (Å²) in [6, 6.07) is 6.30. The normalized spacial score (nSPS) is 15.1. The minimum atomic E-state index is 0.527. The highest BCUT2D eigenvalue weighted by Crippen LogP contribution is 2.22. The van der Waals surface area contributed by atoms with E-state index in [1.165, 1.54) is 6.42 Å². The molecule has 0 atom stereocenters. The molecule has 6 nitrogen and oxygen atoms in total. The minimum absolute atomic E-state index is 0.527. The summed E-state index contributed by atoms with van der Waals surface area (Å²) in [5.41, 5.74) is 3.41. The van der Waals surface area contributed by atoms with Crippen molar-refractivity contribution < 1.29 is 0 Å². The van der Waals surface area contributed by atoms with E-state index >= 15 is 0 Å². The molecule has 0 aromatic carbocycles. The Kier molecular flexibility index (Phi) is 3.62. The zero-order chi connectivity index (χ0) is 16.5. The van der Waals surface area contributed by atoms with E-state index in [9.17, 15) is 5.26 Å². The quantitative estimate of drug-likeness (QED) is 0.681. The van der Waals surface area contributed by atoms with Crippen LogP contribution in [0.25, 0.3) is 17.3 Å². The molecule has 3 aromatic rings. The Labute approximate surface area is 140 Å². The number of aryl methyl sites for hydroxylation is 2. The summed E-state index contributed by atoms with van der Waals surface area (Å²) in [5.74, 6) is 1.65. The molecular weight excluding hydrogens is 300 g/mol. The Balaban J connectivity index is 1.81. The Hall–Kier alpha value is -2.94. The van der Waals surface area contributed by atoms with Crippen LogP contribution in [0, 0.1) is 18.3 Å². The molecule has 6 heteroatoms. The average molecular weight is 318 g/mol. The lowest BCUT2D eigenvalue weighted by molar-refractivity contribution is 0.627. The van der Waals surface area contributed by atoms with Crippen LogP contribution >= 0.6 is 0 Å². The third-order valence-corrected chi connectivity index (χ3v) is 4.52. The van der Waals surface area contributed by atoms with Crippen LogP contribution in [-0.4, -0.2) is 24.1 Å². The highest BCUT2D eigenvalue weighted by Gasteiger charge is 2.18. The lowest BCUT2D eigenvalue weighted by atomic mass is 10.2. The van der Waals surface area contributed by atoms with Crippen LogP contribution in [0.4, 0.5) is 0 Å². The topological polar surface area (TPSA) is 71.8 Å². The van der Waals surface area contributed by atoms with E-state index < -0.39 is 0 Å². The number of aromatic nitrogens is 5. The summed E-state index contributed by atoms with van der Waals surface area (Å²) >= 11 is 0. The number of fused-ring (bicyclic) bond motifs is 2. The van der Waals surface area contributed by atoms with Crippen LogP contribution in [-0.2, 0) is 13.0 Å². The number of pyridine rings is 1. The van der Waals surface area contributed by atoms with Crippen LogP contribution in [0.3, 0.4) is 0 Å². The molecule has 0 fully saturated rings. The number of imidazole rings is 1. The fourth-order valence-corrected chi connectivity index (χ4v) is 3.26. The number of hydrogen-bond donors (Lipinski definition) is 0. The summed E-state index contributed by atoms with van der Waals surface area (Å²) in [4.78, 5) is 4.46. The number of rotatable bonds is 2. The fourth-order valence-electron chi connectivity index (χ4n) is 3.26. The third kappa shape index (κ3) is 2.38. The van der Waals surface area contributed by atoms with Gasteiger partial charge in [0.15, 0.2) is 5.82 Å². The van der Waals surface area contributed by atoms with Crippen LogP contribution in [0.15, 0.2) is 24.5 Å². The molecule has 0 N–H and O–H groups in total. The molecule has 0 spiro atoms. The average Bonchev–Trinajstić information content (AvgIpc) is 3.11. The van der Waals surface area contributed by atoms with Crippen molar-refractivity contribution in [2.24, 2.45) is 0 Å². The number of hydrogen-bond acceptors (Lipinski definition) is 4. The summed E-state index contributed by atoms with van der Waals surface area (Å²) in [6.07, 6.45) is 9.96. The molecule has 0 bridgehead atoms. The third-order valence-electron chi connectivity index (χ3n) is 4.52. The molecule has 0 unspecified atom stereocenters. The first-order valence-electron chi connectivity index (χ1n) is 8.25. The van der Waals surface area contributed by atoms with Gasteiger partial charge in [0.25, 0.3) is 0 Å². The van der Waals surface area contributed by atoms with Crippen molar-refractivity contribution in [2.45, 2.75) is 39.2 Å². The van der Waals surface area contributed by atoms with Gasteiger partial charge in [-0.25, -0.2) is 4.98 Å². The van der Waals surface area contributed by atoms with E-state index in [0.29, 0.717) is 11.4 Å². The van der Waals surface area contributed by atoms with Crippen molar-refractivity contribution in [3.63, 3.8) is 0 Å². The van der Waals surface area contributed by atoms with E-state index in [1.54, 1.807) is 6.20 Å². The predicted octanol–water partition coefficient (Wildman–Crippen LogP) is 3.02. The first-order chi connectivity index (χ1) is 11.8. The molecule has 0 saturated carbocycles. The van der Waals surface area contributed by atoms with Gasteiger partial charge >= 0.3 is 0 Å². The van der Waals surface area contributed by atoms with Gasteiger partial charge in [0.1, 0.15) is 17.5 Å². The first-order valence-corrected chi connectivity index (χ1v) is 8.25. The smallest absolute Gasteiger partial charge is 0.174 e. The van der Waals surface area contributed by atoms with E-state index in [4.69, 9.17) is 0 Å². The first kappa shape index (κ1) is 14.6. The molecule has 4 heterocycles. The largest absolute Gasteiger partial charge is 0.310 e. The summed E-state index contributed by atoms with van der Waals surface area (Å²) in [7, 11) is 0. The highest BCUT2D eigenvalue weighted by molar-refractivity contribution is 5.87. The fraction of sp³-hybridized carbons (Fsp3) is 0.333. The molecule has 0 aliphatic carbocycles. The Morgan fingerprint density at radius 2 is 2.21 bits per heavy atom. The maximum absolute atomic E-state index is 9.67. The van der Waals surface area contributed by atoms with Gasteiger partial charge in [-0.2, -0.15) is 5.26 Å². The number of allylic oxidation sites excluding steroid dienone is 1. The van der Waals surface area contributed by atoms with Gasteiger partial charge in [0.2, 0.25) is 0 Å². The number of nitriles is 1. The second-order valence-corrected chi connectivity index (χ2v) is 6.14. The van der Waals surface area contributed by atoms with Crippen molar-refractivity contribution in [1.82, 2.24) is 24.1 Å². The Morgan fingerprint density at radius 3 is 3.08 bits per heavy atom. The van der Waals surface area contributed by atoms with E-state index in [-0.39, 0.29) is 0 Å². The van der Waals surface area contributed by atoms with E-state index in [1.807, 2.05) is 35.7 Å². The summed E-state index contributed by atoms with van der Waals surface area (Å²) < 4.78 is 4.09. The molecule has 3 aromatic heterocycles. The van der Waals surface area contributed by atoms with E-state index in [2.05, 4.69) is 25.8 Å². The van der Waals surface area contributed by atoms with Gasteiger partial charge in [-0.15, -0.1) is 10.2 Å². The monoisotopic (exact) mass is 318 g/mol. The maximum atomic E-state index is 9.67. The van der Waals surface area contributed by atoms with Gasteiger partial charge in [-0.05, 0) is 37.5 Å². The SMILES string of the molecule is Cc1cccn2c(/C=C(\C#N)c3nnc4n3CCCCC4)cnc12. The van der Waals surface area contributed by atoms with Crippen LogP contribution in [0.2, 0.25) is 0 Å². The molecule has 0 saturated heterocycles. The molecule has 1 aliphatic heterocycles. The standard InChI is InChI=1S/C18H18N6/c1-13-6-5-9-23-15(12-20-17(13)23)10-14(11-19)18-22-21-16-7-3-2-4-8-24(16)18/h5-6,9-10,12H,2-4,7-8H2,1H3/b14-10+. The Bertz CT molecular complexity index is 969. The van der Waals surface area contributed by atoms with Gasteiger partial charge in [0.05, 0.1) is 17.5 Å². The second-order valence-electron chi connectivity index (χ2n) is 6.14. The van der Waals surface area contributed by atoms with Crippen molar-refractivity contribution in [3.8, 4) is 6.07 Å². The molecule has 24 heavy (non-hydrogen) atoms. The summed E-state index contributed by atoms with van der Waals surface area (Å²) in [5, 5.41) is 18.2. The zero-order valence-corrected chi connectivity index (χ0v) is 13.6. The van der Waals surface area contributed by atoms with Crippen LogP contribution < -0.4 is 0 Å². The van der Waals surface area contributed by atoms with Crippen LogP contribution in [0.1, 0.15) is 42.2 Å². The molecule has 1 aliphatic rings. The molecule has 0 radical (unpaired) electrons. The van der Waals surface area contributed by atoms with Crippen molar-refractivity contribution in [2.75, 3.05) is 0 Å². The second kappa shape index (κ2) is 5.93. The van der Waals surface area contributed by atoms with Gasteiger partial charge < -0.3 is 8.97 Å². The molecular formula is C18H18N6. The molecule has 0 amide bonds. The minimum Gasteiger partial charge on any atom is -0.310 e. The predicted molar refractivity (Wildman–Crippen MR) is 91.0 cm³/mol. The van der Waals surface area contributed by atoms with Gasteiger partial charge in [-0.3, -0.25) is 0 Å². The Morgan fingerprint density at radius 1 is 1.29 bits per heavy atom. The number of nitrogens with zero attached hydrogens (tertiary/aromatic N) is 6. The maximum Gasteiger partial charge on any atom is 0.174 e. The van der Waals surface area contributed by atoms with Gasteiger partial charge in [0, 0.05) is 19.2 Å². The molecule has 120 valence electrons. The highest BCUT2D eigenvalue weighted by atomic mass is 15.3. The van der Waals surface area contributed by atoms with Crippen molar-refractivity contribution in [1.29, 1.82) is 5.26 Å². The molecule has 4 rings (SSSR count). The van der Waals surface area contributed by atoms with Gasteiger partial charge in [-0.1, -0.05) is 12.5 Å². The van der Waals surface area contributed by atoms with Crippen LogP contribution in [0.5, 0.6) is 0 Å². The van der Waals surface area contributed by atoms with E-state index in [0.717, 1.165) is 48.5 Å².